The lowest BCUT2D eigenvalue weighted by Crippen LogP contribution is -2.34. The molecule has 4 rings (SSSR count). The fraction of sp³-hybridized carbons (Fsp3) is 0.273. The molecule has 1 aliphatic rings. The van der Waals surface area contributed by atoms with Crippen LogP contribution in [0.2, 0.25) is 5.02 Å². The Bertz CT molecular complexity index is 1140. The zero-order valence-corrected chi connectivity index (χ0v) is 18.2. The number of amides is 1. The van der Waals surface area contributed by atoms with E-state index in [4.69, 9.17) is 20.8 Å². The highest BCUT2D eigenvalue weighted by Gasteiger charge is 2.18. The molecule has 2 heterocycles. The molecule has 0 radical (unpaired) electrons. The van der Waals surface area contributed by atoms with E-state index in [2.05, 4.69) is 26.2 Å². The van der Waals surface area contributed by atoms with E-state index in [0.717, 1.165) is 34.9 Å². The molecule has 1 saturated heterocycles. The molecule has 3 aromatic rings. The normalized spacial score (nSPS) is 17.1. The van der Waals surface area contributed by atoms with Gasteiger partial charge in [-0.3, -0.25) is 4.79 Å². The first-order valence-corrected chi connectivity index (χ1v) is 10.6. The molecule has 1 unspecified atom stereocenters. The highest BCUT2D eigenvalue weighted by Crippen LogP contribution is 2.23. The van der Waals surface area contributed by atoms with Crippen molar-refractivity contribution in [2.75, 3.05) is 13.2 Å². The number of benzene rings is 2. The third kappa shape index (κ3) is 4.71. The van der Waals surface area contributed by atoms with E-state index in [0.29, 0.717) is 28.4 Å². The second-order valence-corrected chi connectivity index (χ2v) is 8.36. The molecule has 0 saturated carbocycles. The van der Waals surface area contributed by atoms with Crippen molar-refractivity contribution in [3.05, 3.63) is 68.6 Å². The minimum absolute atomic E-state index is 0.0600. The smallest absolute Gasteiger partial charge is 0.256 e. The molecule has 1 atom stereocenters. The molecule has 7 heteroatoms. The summed E-state index contributed by atoms with van der Waals surface area (Å²) >= 11 is 9.58. The topological polar surface area (TPSA) is 63.8 Å². The van der Waals surface area contributed by atoms with E-state index in [9.17, 15) is 4.79 Å². The molecule has 1 N–H and O–H groups in total. The number of carbonyl (C=O) groups excluding carboxylic acids is 1. The Morgan fingerprint density at radius 3 is 2.90 bits per heavy atom. The minimum atomic E-state index is -0.240. The summed E-state index contributed by atoms with van der Waals surface area (Å²) in [5.74, 6) is -0.240. The first-order valence-electron chi connectivity index (χ1n) is 9.44. The van der Waals surface area contributed by atoms with Crippen molar-refractivity contribution < 1.29 is 13.9 Å². The molecule has 1 aromatic heterocycles. The lowest BCUT2D eigenvalue weighted by atomic mass is 10.1. The molecule has 5 nitrogen and oxygen atoms in total. The van der Waals surface area contributed by atoms with Crippen molar-refractivity contribution in [1.29, 1.82) is 0 Å². The average Bonchev–Trinajstić information content (AvgIpc) is 3.22. The van der Waals surface area contributed by atoms with Crippen LogP contribution >= 0.6 is 27.5 Å². The maximum Gasteiger partial charge on any atom is 0.256 e. The summed E-state index contributed by atoms with van der Waals surface area (Å²) in [7, 11) is 0. The minimum Gasteiger partial charge on any atom is -0.438 e. The van der Waals surface area contributed by atoms with E-state index >= 15 is 0 Å². The molecule has 1 fully saturated rings. The zero-order chi connectivity index (χ0) is 20.4. The second-order valence-electron chi connectivity index (χ2n) is 7.04. The second kappa shape index (κ2) is 8.69. The van der Waals surface area contributed by atoms with Gasteiger partial charge < -0.3 is 14.5 Å². The number of carbonyl (C=O) groups is 1. The van der Waals surface area contributed by atoms with Crippen molar-refractivity contribution in [3.63, 3.8) is 0 Å². The van der Waals surface area contributed by atoms with Gasteiger partial charge in [-0.2, -0.15) is 0 Å². The van der Waals surface area contributed by atoms with Gasteiger partial charge in [-0.1, -0.05) is 27.5 Å². The standard InChI is InChI=1S/C22H20BrClN2O3/c1-13-9-16(5-6-19(13)24)26-22-18(21(27)25-12-17-3-2-8-28-17)11-14-10-15(23)4-7-20(14)29-22/h4-7,9-11,17H,2-3,8,12H2,1H3,(H,25,27). The number of fused-ring (bicyclic) bond motifs is 1. The average molecular weight is 476 g/mol. The van der Waals surface area contributed by atoms with Crippen molar-refractivity contribution in [2.24, 2.45) is 4.99 Å². The van der Waals surface area contributed by atoms with Crippen LogP contribution in [0.25, 0.3) is 11.0 Å². The number of ether oxygens (including phenoxy) is 1. The summed E-state index contributed by atoms with van der Waals surface area (Å²) < 4.78 is 12.5. The number of aryl methyl sites for hydroxylation is 1. The van der Waals surface area contributed by atoms with E-state index in [1.165, 1.54) is 0 Å². The monoisotopic (exact) mass is 474 g/mol. The maximum absolute atomic E-state index is 12.9. The van der Waals surface area contributed by atoms with Crippen LogP contribution < -0.4 is 10.9 Å². The molecule has 0 spiro atoms. The van der Waals surface area contributed by atoms with E-state index in [1.54, 1.807) is 18.2 Å². The largest absolute Gasteiger partial charge is 0.438 e. The number of nitrogens with one attached hydrogen (secondary N) is 1. The van der Waals surface area contributed by atoms with Gasteiger partial charge in [0.2, 0.25) is 5.55 Å². The summed E-state index contributed by atoms with van der Waals surface area (Å²) in [6.07, 6.45) is 2.04. The quantitative estimate of drug-likeness (QED) is 0.557. The number of halogens is 2. The van der Waals surface area contributed by atoms with Gasteiger partial charge in [-0.15, -0.1) is 0 Å². The number of hydrogen-bond donors (Lipinski definition) is 1. The summed E-state index contributed by atoms with van der Waals surface area (Å²) in [4.78, 5) is 17.5. The Labute approximate surface area is 181 Å². The summed E-state index contributed by atoms with van der Waals surface area (Å²) in [5.41, 5.74) is 2.85. The molecular formula is C22H20BrClN2O3. The van der Waals surface area contributed by atoms with Crippen LogP contribution in [0, 0.1) is 6.92 Å². The molecule has 2 aromatic carbocycles. The highest BCUT2D eigenvalue weighted by molar-refractivity contribution is 9.10. The zero-order valence-electron chi connectivity index (χ0n) is 15.9. The maximum atomic E-state index is 12.9. The van der Waals surface area contributed by atoms with Gasteiger partial charge >= 0.3 is 0 Å². The summed E-state index contributed by atoms with van der Waals surface area (Å²) in [5, 5.41) is 4.43. The Morgan fingerprint density at radius 1 is 1.28 bits per heavy atom. The van der Waals surface area contributed by atoms with Gasteiger partial charge in [0.15, 0.2) is 0 Å². The van der Waals surface area contributed by atoms with Gasteiger partial charge in [0, 0.05) is 28.0 Å². The van der Waals surface area contributed by atoms with Crippen molar-refractivity contribution >= 4 is 50.1 Å². The van der Waals surface area contributed by atoms with Crippen molar-refractivity contribution in [3.8, 4) is 0 Å². The number of nitrogens with zero attached hydrogens (tertiary/aromatic N) is 1. The molecule has 150 valence electrons. The molecule has 29 heavy (non-hydrogen) atoms. The van der Waals surface area contributed by atoms with Crippen molar-refractivity contribution in [2.45, 2.75) is 25.9 Å². The Kier molecular flexibility index (Phi) is 6.04. The van der Waals surface area contributed by atoms with E-state index in [1.807, 2.05) is 31.2 Å². The van der Waals surface area contributed by atoms with Crippen LogP contribution in [-0.4, -0.2) is 25.2 Å². The SMILES string of the molecule is Cc1cc(N=c2oc3ccc(Br)cc3cc2C(=O)NCC2CCCO2)ccc1Cl. The van der Waals surface area contributed by atoms with Crippen LogP contribution in [0.4, 0.5) is 5.69 Å². The fourth-order valence-electron chi connectivity index (χ4n) is 3.27. The molecule has 1 amide bonds. The highest BCUT2D eigenvalue weighted by atomic mass is 79.9. The summed E-state index contributed by atoms with van der Waals surface area (Å²) in [6.45, 7) is 3.12. The number of rotatable bonds is 4. The predicted molar refractivity (Wildman–Crippen MR) is 117 cm³/mol. The van der Waals surface area contributed by atoms with E-state index < -0.39 is 0 Å². The first-order chi connectivity index (χ1) is 14.0. The van der Waals surface area contributed by atoms with E-state index in [-0.39, 0.29) is 17.6 Å². The lowest BCUT2D eigenvalue weighted by molar-refractivity contribution is 0.0854. The van der Waals surface area contributed by atoms with Crippen molar-refractivity contribution in [1.82, 2.24) is 5.32 Å². The van der Waals surface area contributed by atoms with Crippen LogP contribution in [0.3, 0.4) is 0 Å². The van der Waals surface area contributed by atoms with Gasteiger partial charge in [-0.05, 0) is 67.8 Å². The van der Waals surface area contributed by atoms with Crippen LogP contribution in [0.5, 0.6) is 0 Å². The third-order valence-electron chi connectivity index (χ3n) is 4.84. The third-order valence-corrected chi connectivity index (χ3v) is 5.76. The molecule has 0 aliphatic carbocycles. The lowest BCUT2D eigenvalue weighted by Gasteiger charge is -2.11. The van der Waals surface area contributed by atoms with Gasteiger partial charge in [-0.25, -0.2) is 4.99 Å². The predicted octanol–water partition coefficient (Wildman–Crippen LogP) is 5.30. The van der Waals surface area contributed by atoms with Gasteiger partial charge in [0.25, 0.3) is 5.91 Å². The fourth-order valence-corrected chi connectivity index (χ4v) is 3.77. The van der Waals surface area contributed by atoms with Gasteiger partial charge in [0.1, 0.15) is 11.1 Å². The van der Waals surface area contributed by atoms with Crippen LogP contribution in [-0.2, 0) is 4.74 Å². The Balaban J connectivity index is 1.76. The van der Waals surface area contributed by atoms with Crippen LogP contribution in [0.1, 0.15) is 28.8 Å². The summed E-state index contributed by atoms with van der Waals surface area (Å²) in [6, 6.07) is 12.9. The molecular weight excluding hydrogens is 456 g/mol. The van der Waals surface area contributed by atoms with Crippen LogP contribution in [0.15, 0.2) is 56.3 Å². The Morgan fingerprint density at radius 2 is 2.14 bits per heavy atom. The number of hydrogen-bond acceptors (Lipinski definition) is 4. The molecule has 0 bridgehead atoms. The molecule has 1 aliphatic heterocycles. The van der Waals surface area contributed by atoms with Gasteiger partial charge in [0.05, 0.1) is 11.8 Å². The Hall–Kier alpha value is -2.15. The first kappa shape index (κ1) is 20.1.